The second-order valence-corrected chi connectivity index (χ2v) is 16.3. The van der Waals surface area contributed by atoms with Gasteiger partial charge in [0.25, 0.3) is 0 Å². The van der Waals surface area contributed by atoms with Crippen LogP contribution in [0.2, 0.25) is 6.32 Å². The van der Waals surface area contributed by atoms with Gasteiger partial charge in [-0.25, -0.2) is 9.59 Å². The van der Waals surface area contributed by atoms with Crippen molar-refractivity contribution in [3.8, 4) is 11.5 Å². The largest absolute Gasteiger partial charge is 0.514 e. The lowest BCUT2D eigenvalue weighted by molar-refractivity contribution is -0.199. The number of hydrogen-bond acceptors (Lipinski definition) is 11. The molecule has 2 heterocycles. The molecule has 1 aromatic carbocycles. The van der Waals surface area contributed by atoms with E-state index in [0.717, 1.165) is 12.8 Å². The van der Waals surface area contributed by atoms with Gasteiger partial charge in [-0.1, -0.05) is 19.9 Å². The van der Waals surface area contributed by atoms with Crippen LogP contribution in [0.15, 0.2) is 12.1 Å². The average Bonchev–Trinajstić information content (AvgIpc) is 3.24. The molecule has 12 nitrogen and oxygen atoms in total. The normalized spacial score (nSPS) is 27.6. The van der Waals surface area contributed by atoms with Crippen LogP contribution in [0.25, 0.3) is 0 Å². The molecule has 2 bridgehead atoms. The van der Waals surface area contributed by atoms with Gasteiger partial charge in [-0.05, 0) is 103 Å². The third kappa shape index (κ3) is 7.58. The molecule has 0 unspecified atom stereocenters. The number of carboxylic acid groups (broad SMARTS) is 1. The standard InChI is InChI=1S/C34H51BN2O10/c1-31(2,3)44-29(40)26-23(42-21-16-37(17-21)18-22(36)28(38)39)11-10-19(27(26)43-30(41)45-32(4,5)6)12-13-35-46-25-15-20-14-24(33(20,7)8)34(25,9)47-35/h10-11,20-22,24-25H,12-18,36H2,1-9H3,(H,38,39)/t20-,22-,24-,25+,34-/m0/s1. The van der Waals surface area contributed by atoms with Crippen LogP contribution >= 0.6 is 0 Å². The summed E-state index contributed by atoms with van der Waals surface area (Å²) < 4.78 is 36.4. The summed E-state index contributed by atoms with van der Waals surface area (Å²) in [6.07, 6.45) is 1.69. The third-order valence-corrected chi connectivity index (χ3v) is 10.0. The Balaban J connectivity index is 1.40. The van der Waals surface area contributed by atoms with E-state index in [1.807, 2.05) is 4.90 Å². The first kappa shape index (κ1) is 35.4. The number of esters is 1. The van der Waals surface area contributed by atoms with Gasteiger partial charge in [0.05, 0.1) is 11.7 Å². The second-order valence-electron chi connectivity index (χ2n) is 16.3. The zero-order valence-electron chi connectivity index (χ0n) is 29.2. The minimum Gasteiger partial charge on any atom is -0.487 e. The van der Waals surface area contributed by atoms with E-state index in [-0.39, 0.29) is 46.8 Å². The van der Waals surface area contributed by atoms with Crippen molar-refractivity contribution in [2.24, 2.45) is 23.0 Å². The molecule has 3 saturated carbocycles. The fourth-order valence-electron chi connectivity index (χ4n) is 7.53. The maximum Gasteiger partial charge on any atom is 0.514 e. The predicted molar refractivity (Wildman–Crippen MR) is 174 cm³/mol. The molecular formula is C34H51BN2O10. The van der Waals surface area contributed by atoms with Gasteiger partial charge in [0, 0.05) is 19.6 Å². The van der Waals surface area contributed by atoms with Crippen LogP contribution in [-0.4, -0.2) is 89.9 Å². The monoisotopic (exact) mass is 658 g/mol. The fourth-order valence-corrected chi connectivity index (χ4v) is 7.53. The molecule has 0 amide bonds. The maximum atomic E-state index is 13.8. The number of likely N-dealkylation sites (tertiary alicyclic amines) is 1. The van der Waals surface area contributed by atoms with Crippen LogP contribution in [0.5, 0.6) is 11.5 Å². The lowest BCUT2D eigenvalue weighted by Crippen LogP contribution is -2.65. The van der Waals surface area contributed by atoms with E-state index in [4.69, 9.17) is 39.1 Å². The van der Waals surface area contributed by atoms with Crippen LogP contribution in [-0.2, 0) is 30.0 Å². The summed E-state index contributed by atoms with van der Waals surface area (Å²) in [4.78, 5) is 39.9. The first-order chi connectivity index (χ1) is 21.7. The summed E-state index contributed by atoms with van der Waals surface area (Å²) in [7, 11) is -0.450. The summed E-state index contributed by atoms with van der Waals surface area (Å²) in [6, 6.07) is 2.43. The van der Waals surface area contributed by atoms with Gasteiger partial charge >= 0.3 is 25.2 Å². The molecule has 5 aliphatic rings. The number of ether oxygens (including phenoxy) is 4. The SMILES string of the molecule is CC(C)(C)OC(=O)Oc1c(CCB2O[C@@H]3C[C@@H]4C[C@@H](C4(C)C)[C@]3(C)O2)ccc(OC2CN(C[C@H](N)C(=O)O)C2)c1C(=O)OC(C)(C)C. The number of aliphatic carboxylic acids is 1. The molecule has 2 saturated heterocycles. The molecule has 13 heteroatoms. The van der Waals surface area contributed by atoms with E-state index >= 15 is 0 Å². The predicted octanol–water partition coefficient (Wildman–Crippen LogP) is 4.70. The van der Waals surface area contributed by atoms with Crippen molar-refractivity contribution in [3.05, 3.63) is 23.3 Å². The number of carbonyl (C=O) groups is 3. The van der Waals surface area contributed by atoms with Gasteiger partial charge in [0.15, 0.2) is 5.75 Å². The smallest absolute Gasteiger partial charge is 0.487 e. The van der Waals surface area contributed by atoms with E-state index in [1.165, 1.54) is 0 Å². The van der Waals surface area contributed by atoms with Crippen molar-refractivity contribution < 1.29 is 47.7 Å². The molecule has 5 fully saturated rings. The lowest BCUT2D eigenvalue weighted by atomic mass is 9.43. The fraction of sp³-hybridized carbons (Fsp3) is 0.735. The number of hydrogen-bond donors (Lipinski definition) is 2. The van der Waals surface area contributed by atoms with E-state index in [0.29, 0.717) is 43.2 Å². The topological polar surface area (TPSA) is 156 Å². The maximum absolute atomic E-state index is 13.8. The highest BCUT2D eigenvalue weighted by Crippen LogP contribution is 2.65. The van der Waals surface area contributed by atoms with Crippen LogP contribution in [0.4, 0.5) is 4.79 Å². The first-order valence-corrected chi connectivity index (χ1v) is 16.7. The summed E-state index contributed by atoms with van der Waals surface area (Å²) in [5.41, 5.74) is 4.41. The van der Waals surface area contributed by atoms with Crippen LogP contribution in [0.1, 0.15) is 91.1 Å². The van der Waals surface area contributed by atoms with Gasteiger partial charge in [-0.15, -0.1) is 0 Å². The summed E-state index contributed by atoms with van der Waals surface area (Å²) in [5, 5.41) is 9.15. The quantitative estimate of drug-likeness (QED) is 0.203. The van der Waals surface area contributed by atoms with Gasteiger partial charge in [0.2, 0.25) is 0 Å². The van der Waals surface area contributed by atoms with E-state index in [2.05, 4.69) is 20.8 Å². The Morgan fingerprint density at radius 3 is 2.32 bits per heavy atom. The van der Waals surface area contributed by atoms with Crippen LogP contribution in [0.3, 0.4) is 0 Å². The number of carbonyl (C=O) groups excluding carboxylic acids is 2. The van der Waals surface area contributed by atoms with Crippen molar-refractivity contribution in [2.75, 3.05) is 19.6 Å². The highest BCUT2D eigenvalue weighted by atomic mass is 16.7. The van der Waals surface area contributed by atoms with Gasteiger partial charge in [-0.3, -0.25) is 9.69 Å². The van der Waals surface area contributed by atoms with Crippen molar-refractivity contribution >= 4 is 25.2 Å². The van der Waals surface area contributed by atoms with Gasteiger partial charge in [0.1, 0.15) is 34.7 Å². The van der Waals surface area contributed by atoms with Crippen molar-refractivity contribution in [2.45, 2.75) is 123 Å². The Labute approximate surface area is 278 Å². The first-order valence-electron chi connectivity index (χ1n) is 16.7. The van der Waals surface area contributed by atoms with E-state index in [1.54, 1.807) is 53.7 Å². The highest BCUT2D eigenvalue weighted by Gasteiger charge is 2.67. The molecule has 1 aromatic rings. The molecule has 0 spiro atoms. The number of carboxylic acids is 1. The Hall–Kier alpha value is -2.87. The summed E-state index contributed by atoms with van der Waals surface area (Å²) in [6.45, 7) is 18.2. The Morgan fingerprint density at radius 1 is 1.06 bits per heavy atom. The highest BCUT2D eigenvalue weighted by molar-refractivity contribution is 6.45. The molecule has 0 radical (unpaired) electrons. The zero-order chi connectivity index (χ0) is 34.7. The number of benzene rings is 1. The van der Waals surface area contributed by atoms with Crippen molar-refractivity contribution in [3.63, 3.8) is 0 Å². The van der Waals surface area contributed by atoms with Crippen LogP contribution < -0.4 is 15.2 Å². The molecule has 0 aromatic heterocycles. The van der Waals surface area contributed by atoms with Crippen molar-refractivity contribution in [1.82, 2.24) is 4.90 Å². The lowest BCUT2D eigenvalue weighted by Gasteiger charge is -2.64. The third-order valence-electron chi connectivity index (χ3n) is 10.0. The zero-order valence-corrected chi connectivity index (χ0v) is 29.2. The Morgan fingerprint density at radius 2 is 1.72 bits per heavy atom. The van der Waals surface area contributed by atoms with Gasteiger partial charge in [-0.2, -0.15) is 0 Å². The number of rotatable bonds is 10. The molecule has 5 atom stereocenters. The number of aryl methyl sites for hydroxylation is 1. The van der Waals surface area contributed by atoms with Gasteiger partial charge < -0.3 is 39.1 Å². The molecule has 260 valence electrons. The van der Waals surface area contributed by atoms with E-state index < -0.39 is 42.5 Å². The minimum atomic E-state index is -1.08. The number of nitrogens with zero attached hydrogens (tertiary/aromatic N) is 1. The molecule has 2 aliphatic heterocycles. The second kappa shape index (κ2) is 12.5. The molecule has 6 rings (SSSR count). The Bertz CT molecular complexity index is 1380. The Kier molecular flexibility index (Phi) is 9.46. The molecule has 47 heavy (non-hydrogen) atoms. The minimum absolute atomic E-state index is 0.0000874. The average molecular weight is 659 g/mol. The van der Waals surface area contributed by atoms with Crippen molar-refractivity contribution in [1.29, 1.82) is 0 Å². The molecular weight excluding hydrogens is 607 g/mol. The molecule has 3 N–H and O–H groups in total. The number of nitrogens with two attached hydrogens (primary N) is 1. The summed E-state index contributed by atoms with van der Waals surface area (Å²) in [5.74, 6) is -0.564. The van der Waals surface area contributed by atoms with E-state index in [9.17, 15) is 14.4 Å². The molecule has 3 aliphatic carbocycles. The summed E-state index contributed by atoms with van der Waals surface area (Å²) >= 11 is 0. The van der Waals surface area contributed by atoms with Crippen LogP contribution in [0, 0.1) is 17.3 Å².